The smallest absolute Gasteiger partial charge is 0.470 e. The number of alkyl halides is 10. The summed E-state index contributed by atoms with van der Waals surface area (Å²) in [5, 5.41) is 7.69. The Kier molecular flexibility index (Phi) is 5.92. The van der Waals surface area contributed by atoms with Gasteiger partial charge < -0.3 is 9.84 Å². The second-order valence-electron chi connectivity index (χ2n) is 3.74. The maximum absolute atomic E-state index is 13.3. The van der Waals surface area contributed by atoms with E-state index in [9.17, 15) is 61.9 Å². The summed E-state index contributed by atoms with van der Waals surface area (Å²) >= 11 is 0. The van der Waals surface area contributed by atoms with Gasteiger partial charge in [-0.25, -0.2) is 9.53 Å². The number of halogens is 13. The molecule has 0 saturated carbocycles. The molecule has 1 unspecified atom stereocenters. The zero-order valence-electron chi connectivity index (χ0n) is 10.6. The predicted octanol–water partition coefficient (Wildman–Crippen LogP) is 4.19. The van der Waals surface area contributed by atoms with Crippen molar-refractivity contribution in [3.8, 4) is 0 Å². The molecule has 0 aromatic carbocycles. The Hall–Kier alpha value is -1.94. The van der Waals surface area contributed by atoms with Crippen molar-refractivity contribution in [2.45, 2.75) is 30.2 Å². The van der Waals surface area contributed by atoms with Gasteiger partial charge in [0.25, 0.3) is 0 Å². The van der Waals surface area contributed by atoms with Gasteiger partial charge in [0.15, 0.2) is 0 Å². The van der Waals surface area contributed by atoms with Gasteiger partial charge in [0.1, 0.15) is 0 Å². The third kappa shape index (κ3) is 4.18. The van der Waals surface area contributed by atoms with Gasteiger partial charge in [-0.1, -0.05) is 0 Å². The topological polar surface area (TPSA) is 55.8 Å². The molecular formula is C8HF13O4. The number of rotatable bonds is 7. The summed E-state index contributed by atoms with van der Waals surface area (Å²) in [4.78, 5) is 9.80. The van der Waals surface area contributed by atoms with Crippen LogP contribution in [0.5, 0.6) is 0 Å². The molecule has 0 rings (SSSR count). The van der Waals surface area contributed by atoms with E-state index in [4.69, 9.17) is 5.11 Å². The molecule has 25 heavy (non-hydrogen) atoms. The Morgan fingerprint density at radius 2 is 1.16 bits per heavy atom. The van der Waals surface area contributed by atoms with Crippen molar-refractivity contribution < 1.29 is 76.5 Å². The van der Waals surface area contributed by atoms with E-state index in [1.807, 2.05) is 4.74 Å². The van der Waals surface area contributed by atoms with Crippen LogP contribution in [-0.4, -0.2) is 41.2 Å². The monoisotopic (exact) mass is 408 g/mol. The molecule has 0 radical (unpaired) electrons. The van der Waals surface area contributed by atoms with Crippen LogP contribution >= 0.6 is 0 Å². The number of hydrogen-bond acceptors (Lipinski definition) is 3. The number of hydrogen-bond donors (Lipinski definition) is 1. The van der Waals surface area contributed by atoms with Crippen molar-refractivity contribution in [1.29, 1.82) is 0 Å². The Labute approximate surface area is 126 Å². The lowest BCUT2D eigenvalue weighted by Crippen LogP contribution is -2.62. The summed E-state index contributed by atoms with van der Waals surface area (Å²) in [6.07, 6.45) is -25.6. The van der Waals surface area contributed by atoms with Gasteiger partial charge in [-0.05, 0) is 0 Å². The number of carboxylic acid groups (broad SMARTS) is 1. The highest BCUT2D eigenvalue weighted by atomic mass is 19.4. The van der Waals surface area contributed by atoms with Crippen molar-refractivity contribution in [3.63, 3.8) is 0 Å². The number of carbonyl (C=O) groups is 1. The molecule has 0 fully saturated rings. The average molecular weight is 408 g/mol. The van der Waals surface area contributed by atoms with Crippen LogP contribution in [0.25, 0.3) is 0 Å². The zero-order valence-corrected chi connectivity index (χ0v) is 10.6. The Balaban J connectivity index is 6.12. The van der Waals surface area contributed by atoms with Gasteiger partial charge in [-0.15, -0.1) is 0 Å². The van der Waals surface area contributed by atoms with Gasteiger partial charge in [-0.3, -0.25) is 0 Å². The lowest BCUT2D eigenvalue weighted by atomic mass is 10.2. The third-order valence-corrected chi connectivity index (χ3v) is 2.01. The largest absolute Gasteiger partial charge is 0.477 e. The minimum atomic E-state index is -7.33. The fourth-order valence-electron chi connectivity index (χ4n) is 0.860. The van der Waals surface area contributed by atoms with Gasteiger partial charge in [0, 0.05) is 0 Å². The van der Waals surface area contributed by atoms with E-state index in [0.717, 1.165) is 0 Å². The lowest BCUT2D eigenvalue weighted by Gasteiger charge is -2.35. The van der Waals surface area contributed by atoms with Gasteiger partial charge in [0.2, 0.25) is 0 Å². The number of carboxylic acids is 1. The molecule has 0 saturated heterocycles. The average Bonchev–Trinajstić information content (AvgIpc) is 2.34. The molecule has 148 valence electrons. The zero-order chi connectivity index (χ0) is 20.6. The maximum atomic E-state index is 13.3. The molecule has 0 heterocycles. The Morgan fingerprint density at radius 1 is 0.760 bits per heavy atom. The van der Waals surface area contributed by atoms with E-state index in [0.29, 0.717) is 0 Å². The molecule has 0 aromatic rings. The van der Waals surface area contributed by atoms with Crippen molar-refractivity contribution in [1.82, 2.24) is 0 Å². The maximum Gasteiger partial charge on any atom is 0.470 e. The Bertz CT molecular complexity index is 549. The summed E-state index contributed by atoms with van der Waals surface area (Å²) in [5.74, 6) is -17.7. The van der Waals surface area contributed by atoms with Crippen LogP contribution in [0, 0.1) is 0 Å². The van der Waals surface area contributed by atoms with E-state index in [2.05, 4.69) is 0 Å². The van der Waals surface area contributed by atoms with E-state index in [-0.39, 0.29) is 0 Å². The van der Waals surface area contributed by atoms with Crippen LogP contribution in [0.15, 0.2) is 12.1 Å². The van der Waals surface area contributed by atoms with Crippen LogP contribution in [0.3, 0.4) is 0 Å². The van der Waals surface area contributed by atoms with Gasteiger partial charge in [-0.2, -0.15) is 57.1 Å². The second-order valence-corrected chi connectivity index (χ2v) is 3.74. The normalized spacial score (nSPS) is 16.2. The van der Waals surface area contributed by atoms with Crippen LogP contribution in [0.4, 0.5) is 57.1 Å². The van der Waals surface area contributed by atoms with Crippen LogP contribution in [0.2, 0.25) is 0 Å². The standard InChI is InChI=1S/C8HF13O4/c9-1(10)2(11)24-5(14,6(15,16)17)8(20,21)25-7(18,19)4(12,13)3(22)23/h(H,22,23). The third-order valence-electron chi connectivity index (χ3n) is 2.01. The quantitative estimate of drug-likeness (QED) is 0.507. The first-order valence-corrected chi connectivity index (χ1v) is 4.95. The molecule has 0 amide bonds. The highest BCUT2D eigenvalue weighted by Gasteiger charge is 2.81. The summed E-state index contributed by atoms with van der Waals surface area (Å²) < 4.78 is 165. The summed E-state index contributed by atoms with van der Waals surface area (Å²) in [7, 11) is 0. The van der Waals surface area contributed by atoms with Gasteiger partial charge in [0.05, 0.1) is 0 Å². The molecular weight excluding hydrogens is 407 g/mol. The summed E-state index contributed by atoms with van der Waals surface area (Å²) in [6, 6.07) is -3.98. The van der Waals surface area contributed by atoms with Crippen LogP contribution in [0.1, 0.15) is 0 Å². The first-order valence-electron chi connectivity index (χ1n) is 4.95. The number of ether oxygens (including phenoxy) is 2. The molecule has 0 spiro atoms. The molecule has 4 nitrogen and oxygen atoms in total. The van der Waals surface area contributed by atoms with E-state index in [1.165, 1.54) is 0 Å². The minimum absolute atomic E-state index is 1.57. The molecule has 1 N–H and O–H groups in total. The Morgan fingerprint density at radius 3 is 1.44 bits per heavy atom. The molecule has 0 aromatic heterocycles. The van der Waals surface area contributed by atoms with Crippen molar-refractivity contribution in [2.75, 3.05) is 0 Å². The second kappa shape index (κ2) is 6.41. The summed E-state index contributed by atoms with van der Waals surface area (Å²) in [6.45, 7) is 0. The van der Waals surface area contributed by atoms with E-state index >= 15 is 0 Å². The minimum Gasteiger partial charge on any atom is -0.477 e. The van der Waals surface area contributed by atoms with Crippen LogP contribution in [-0.2, 0) is 14.3 Å². The van der Waals surface area contributed by atoms with E-state index in [1.54, 1.807) is 4.74 Å². The highest BCUT2D eigenvalue weighted by Crippen LogP contribution is 2.52. The number of aliphatic carboxylic acids is 1. The van der Waals surface area contributed by atoms with Crippen molar-refractivity contribution >= 4 is 5.97 Å². The molecule has 0 bridgehead atoms. The molecule has 0 aliphatic carbocycles. The SMILES string of the molecule is O=C(O)C(F)(F)C(F)(F)OC(F)(F)C(F)(OC(F)=C(F)F)C(F)(F)F. The van der Waals surface area contributed by atoms with Crippen molar-refractivity contribution in [3.05, 3.63) is 12.1 Å². The molecule has 1 atom stereocenters. The molecule has 17 heteroatoms. The fraction of sp³-hybridized carbons (Fsp3) is 0.625. The summed E-state index contributed by atoms with van der Waals surface area (Å²) in [5.41, 5.74) is 0. The predicted molar refractivity (Wildman–Crippen MR) is 44.9 cm³/mol. The first kappa shape index (κ1) is 23.1. The van der Waals surface area contributed by atoms with Gasteiger partial charge >= 0.3 is 48.2 Å². The highest BCUT2D eigenvalue weighted by molar-refractivity contribution is 5.76. The lowest BCUT2D eigenvalue weighted by molar-refractivity contribution is -0.508. The van der Waals surface area contributed by atoms with Crippen LogP contribution < -0.4 is 0 Å². The first-order chi connectivity index (χ1) is 10.7. The molecule has 0 aliphatic rings. The molecule has 0 aliphatic heterocycles. The fourth-order valence-corrected chi connectivity index (χ4v) is 0.860. The van der Waals surface area contributed by atoms with E-state index < -0.39 is 48.2 Å². The van der Waals surface area contributed by atoms with Crippen molar-refractivity contribution in [2.24, 2.45) is 0 Å².